The second-order valence-corrected chi connectivity index (χ2v) is 6.35. The van der Waals surface area contributed by atoms with Crippen molar-refractivity contribution in [1.29, 1.82) is 0 Å². The molecule has 0 spiro atoms. The monoisotopic (exact) mass is 350 g/mol. The molecule has 0 unspecified atom stereocenters. The molecule has 1 fully saturated rings. The smallest absolute Gasteiger partial charge is 0.0484 e. The molecule has 4 rings (SSSR count). The first-order chi connectivity index (χ1) is 10.3. The van der Waals surface area contributed by atoms with Crippen molar-refractivity contribution in [3.8, 4) is 0 Å². The van der Waals surface area contributed by atoms with Crippen LogP contribution in [-0.4, -0.2) is 36.5 Å². The number of nitrogens with zero attached hydrogens (tertiary/aromatic N) is 2. The van der Waals surface area contributed by atoms with Gasteiger partial charge in [0.2, 0.25) is 0 Å². The number of halogens is 2. The molecule has 2 atom stereocenters. The van der Waals surface area contributed by atoms with Crippen LogP contribution in [0.15, 0.2) is 54.6 Å². The first-order valence-corrected chi connectivity index (χ1v) is 7.90. The van der Waals surface area contributed by atoms with Crippen molar-refractivity contribution >= 4 is 24.8 Å². The number of hydrogen-bond acceptors (Lipinski definition) is 2. The molecule has 2 aromatic rings. The van der Waals surface area contributed by atoms with Gasteiger partial charge in [0.05, 0.1) is 0 Å². The van der Waals surface area contributed by atoms with Gasteiger partial charge in [-0.3, -0.25) is 4.90 Å². The van der Waals surface area contributed by atoms with Crippen LogP contribution in [0.4, 0.5) is 0 Å². The van der Waals surface area contributed by atoms with Gasteiger partial charge < -0.3 is 4.90 Å². The van der Waals surface area contributed by atoms with E-state index in [1.54, 1.807) is 0 Å². The van der Waals surface area contributed by atoms with Crippen LogP contribution < -0.4 is 0 Å². The fraction of sp³-hybridized carbons (Fsp3) is 0.368. The highest BCUT2D eigenvalue weighted by Crippen LogP contribution is 2.41. The standard InChI is InChI=1S/C19H22N2.2ClH/c1-20-11-12-21-18(15-7-3-2-4-8-15)13-16-9-5-6-10-17(16)19(21)14-20;;/h2-10,18-19H,11-14H2,1H3;2*1H/t18-,19+;;/m1../s1. The van der Waals surface area contributed by atoms with Crippen LogP contribution >= 0.6 is 24.8 Å². The summed E-state index contributed by atoms with van der Waals surface area (Å²) in [5.41, 5.74) is 4.53. The van der Waals surface area contributed by atoms with Gasteiger partial charge in [0.15, 0.2) is 0 Å². The summed E-state index contributed by atoms with van der Waals surface area (Å²) in [5, 5.41) is 0. The fourth-order valence-corrected chi connectivity index (χ4v) is 3.94. The van der Waals surface area contributed by atoms with Crippen molar-refractivity contribution < 1.29 is 0 Å². The van der Waals surface area contributed by atoms with Gasteiger partial charge in [0, 0.05) is 31.7 Å². The van der Waals surface area contributed by atoms with E-state index in [4.69, 9.17) is 0 Å². The van der Waals surface area contributed by atoms with E-state index in [1.165, 1.54) is 23.2 Å². The number of rotatable bonds is 1. The first kappa shape index (κ1) is 18.3. The van der Waals surface area contributed by atoms with Crippen LogP contribution in [0.25, 0.3) is 0 Å². The summed E-state index contributed by atoms with van der Waals surface area (Å²) in [6.07, 6.45) is 1.14. The third-order valence-electron chi connectivity index (χ3n) is 5.04. The topological polar surface area (TPSA) is 6.48 Å². The van der Waals surface area contributed by atoms with Crippen molar-refractivity contribution in [1.82, 2.24) is 9.80 Å². The Bertz CT molecular complexity index is 632. The molecule has 23 heavy (non-hydrogen) atoms. The summed E-state index contributed by atoms with van der Waals surface area (Å²) in [4.78, 5) is 5.18. The second kappa shape index (κ2) is 7.67. The normalized spacial score (nSPS) is 23.9. The molecular formula is C19H24Cl2N2. The Morgan fingerprint density at radius 2 is 1.52 bits per heavy atom. The molecule has 124 valence electrons. The Kier molecular flexibility index (Phi) is 6.10. The van der Waals surface area contributed by atoms with Gasteiger partial charge in [-0.1, -0.05) is 54.6 Å². The molecule has 0 amide bonds. The average molecular weight is 351 g/mol. The number of hydrogen-bond donors (Lipinski definition) is 0. The van der Waals surface area contributed by atoms with Crippen molar-refractivity contribution in [3.63, 3.8) is 0 Å². The molecule has 0 aromatic heterocycles. The third kappa shape index (κ3) is 3.41. The highest BCUT2D eigenvalue weighted by atomic mass is 35.5. The van der Waals surface area contributed by atoms with Crippen molar-refractivity contribution in [2.45, 2.75) is 18.5 Å². The van der Waals surface area contributed by atoms with Crippen LogP contribution in [0.3, 0.4) is 0 Å². The molecule has 0 bridgehead atoms. The van der Waals surface area contributed by atoms with Crippen molar-refractivity contribution in [2.24, 2.45) is 0 Å². The molecular weight excluding hydrogens is 327 g/mol. The number of benzene rings is 2. The van der Waals surface area contributed by atoms with E-state index in [-0.39, 0.29) is 24.8 Å². The van der Waals surface area contributed by atoms with E-state index in [0.29, 0.717) is 12.1 Å². The van der Waals surface area contributed by atoms with Crippen LogP contribution in [0, 0.1) is 0 Å². The van der Waals surface area contributed by atoms with Crippen LogP contribution in [0.2, 0.25) is 0 Å². The van der Waals surface area contributed by atoms with Crippen LogP contribution in [-0.2, 0) is 6.42 Å². The summed E-state index contributed by atoms with van der Waals surface area (Å²) in [6, 6.07) is 21.1. The predicted octanol–water partition coefficient (Wildman–Crippen LogP) is 4.12. The lowest BCUT2D eigenvalue weighted by Gasteiger charge is -2.48. The lowest BCUT2D eigenvalue weighted by Crippen LogP contribution is -2.50. The van der Waals surface area contributed by atoms with E-state index in [0.717, 1.165) is 19.5 Å². The highest BCUT2D eigenvalue weighted by molar-refractivity contribution is 5.85. The summed E-state index contributed by atoms with van der Waals surface area (Å²) >= 11 is 0. The SMILES string of the molecule is CN1CCN2[C@@H](c3ccccc3)Cc3ccccc3[C@@H]2C1.Cl.Cl. The molecule has 2 nitrogen and oxygen atoms in total. The second-order valence-electron chi connectivity index (χ2n) is 6.35. The minimum atomic E-state index is 0. The average Bonchev–Trinajstić information content (AvgIpc) is 2.55. The van der Waals surface area contributed by atoms with Gasteiger partial charge in [0.25, 0.3) is 0 Å². The van der Waals surface area contributed by atoms with Crippen LogP contribution in [0.1, 0.15) is 28.8 Å². The molecule has 2 heterocycles. The summed E-state index contributed by atoms with van der Waals surface area (Å²) in [7, 11) is 2.24. The lowest BCUT2D eigenvalue weighted by molar-refractivity contribution is 0.0404. The van der Waals surface area contributed by atoms with Gasteiger partial charge >= 0.3 is 0 Å². The third-order valence-corrected chi connectivity index (χ3v) is 5.04. The Morgan fingerprint density at radius 1 is 0.826 bits per heavy atom. The molecule has 2 aliphatic heterocycles. The molecule has 4 heteroatoms. The van der Waals surface area contributed by atoms with E-state index in [2.05, 4.69) is 71.4 Å². The minimum absolute atomic E-state index is 0. The van der Waals surface area contributed by atoms with Gasteiger partial charge in [-0.2, -0.15) is 0 Å². The summed E-state index contributed by atoms with van der Waals surface area (Å²) in [6.45, 7) is 3.47. The number of fused-ring (bicyclic) bond motifs is 3. The fourth-order valence-electron chi connectivity index (χ4n) is 3.94. The molecule has 0 N–H and O–H groups in total. The van der Waals surface area contributed by atoms with Gasteiger partial charge in [0.1, 0.15) is 0 Å². The quantitative estimate of drug-likeness (QED) is 0.763. The Balaban J connectivity index is 0.000000960. The van der Waals surface area contributed by atoms with E-state index in [9.17, 15) is 0 Å². The maximum Gasteiger partial charge on any atom is 0.0484 e. The molecule has 0 aliphatic carbocycles. The molecule has 1 saturated heterocycles. The maximum absolute atomic E-state index is 2.72. The lowest BCUT2D eigenvalue weighted by atomic mass is 9.84. The predicted molar refractivity (Wildman–Crippen MR) is 101 cm³/mol. The van der Waals surface area contributed by atoms with Crippen molar-refractivity contribution in [3.05, 3.63) is 71.3 Å². The first-order valence-electron chi connectivity index (χ1n) is 7.90. The molecule has 2 aliphatic rings. The Labute approximate surface area is 151 Å². The maximum atomic E-state index is 2.72. The van der Waals surface area contributed by atoms with Gasteiger partial charge in [-0.15, -0.1) is 24.8 Å². The zero-order valence-corrected chi connectivity index (χ0v) is 15.0. The van der Waals surface area contributed by atoms with E-state index < -0.39 is 0 Å². The Morgan fingerprint density at radius 3 is 2.30 bits per heavy atom. The Hall–Kier alpha value is -1.06. The van der Waals surface area contributed by atoms with E-state index >= 15 is 0 Å². The molecule has 0 radical (unpaired) electrons. The van der Waals surface area contributed by atoms with Crippen LogP contribution in [0.5, 0.6) is 0 Å². The van der Waals surface area contributed by atoms with Gasteiger partial charge in [-0.25, -0.2) is 0 Å². The summed E-state index contributed by atoms with van der Waals surface area (Å²) in [5.74, 6) is 0. The minimum Gasteiger partial charge on any atom is -0.303 e. The zero-order valence-electron chi connectivity index (χ0n) is 13.4. The van der Waals surface area contributed by atoms with Gasteiger partial charge in [-0.05, 0) is 30.2 Å². The molecule has 0 saturated carbocycles. The number of piperazine rings is 1. The largest absolute Gasteiger partial charge is 0.303 e. The molecule has 2 aromatic carbocycles. The number of likely N-dealkylation sites (N-methyl/N-ethyl adjacent to an activating group) is 1. The van der Waals surface area contributed by atoms with E-state index in [1.807, 2.05) is 0 Å². The zero-order chi connectivity index (χ0) is 14.2. The highest BCUT2D eigenvalue weighted by Gasteiger charge is 2.37. The summed E-state index contributed by atoms with van der Waals surface area (Å²) < 4.78 is 0. The van der Waals surface area contributed by atoms with Crippen molar-refractivity contribution in [2.75, 3.05) is 26.7 Å².